The Balaban J connectivity index is 1.70. The van der Waals surface area contributed by atoms with Crippen LogP contribution in [-0.4, -0.2) is 27.8 Å². The van der Waals surface area contributed by atoms with Gasteiger partial charge in [0.2, 0.25) is 5.91 Å². The average molecular weight is 363 g/mol. The number of pyridine rings is 1. The Bertz CT molecular complexity index is 931. The van der Waals surface area contributed by atoms with Crippen molar-refractivity contribution in [2.45, 2.75) is 39.2 Å². The van der Waals surface area contributed by atoms with Gasteiger partial charge < -0.3 is 9.88 Å². The van der Waals surface area contributed by atoms with E-state index in [4.69, 9.17) is 0 Å². The van der Waals surface area contributed by atoms with Crippen molar-refractivity contribution in [3.05, 3.63) is 66.1 Å². The number of ketones is 1. The molecule has 0 fully saturated rings. The lowest BCUT2D eigenvalue weighted by molar-refractivity contribution is -0.124. The Morgan fingerprint density at radius 2 is 1.93 bits per heavy atom. The molecule has 0 radical (unpaired) electrons. The number of hydrogen-bond acceptors (Lipinski definition) is 3. The topological polar surface area (TPSA) is 64.0 Å². The summed E-state index contributed by atoms with van der Waals surface area (Å²) in [7, 11) is 0. The van der Waals surface area contributed by atoms with E-state index in [2.05, 4.69) is 10.3 Å². The van der Waals surface area contributed by atoms with Crippen molar-refractivity contribution in [2.75, 3.05) is 6.54 Å². The zero-order valence-electron chi connectivity index (χ0n) is 15.8. The standard InChI is InChI=1S/C22H25N3O2/c1-3-20(22(27)24-14-8-10-17-9-6-7-13-23-17)25-15-19(16(2)26)18-11-4-5-12-21(18)25/h4-7,9,11-13,15,20H,3,8,10,14H2,1-2H3,(H,24,27). The summed E-state index contributed by atoms with van der Waals surface area (Å²) < 4.78 is 1.93. The molecule has 0 aliphatic heterocycles. The summed E-state index contributed by atoms with van der Waals surface area (Å²) in [6.07, 6.45) is 5.92. The summed E-state index contributed by atoms with van der Waals surface area (Å²) in [5.74, 6) is -0.00931. The third-order valence-electron chi connectivity index (χ3n) is 4.78. The summed E-state index contributed by atoms with van der Waals surface area (Å²) in [6, 6.07) is 13.3. The Morgan fingerprint density at radius 3 is 2.63 bits per heavy atom. The van der Waals surface area contributed by atoms with Crippen LogP contribution in [0.4, 0.5) is 0 Å². The third-order valence-corrected chi connectivity index (χ3v) is 4.78. The van der Waals surface area contributed by atoms with Gasteiger partial charge in [-0.2, -0.15) is 0 Å². The number of carbonyl (C=O) groups is 2. The molecule has 2 aromatic heterocycles. The van der Waals surface area contributed by atoms with Crippen molar-refractivity contribution in [1.82, 2.24) is 14.9 Å². The number of benzene rings is 1. The Kier molecular flexibility index (Phi) is 6.01. The lowest BCUT2D eigenvalue weighted by atomic mass is 10.1. The van der Waals surface area contributed by atoms with E-state index in [1.807, 2.05) is 60.2 Å². The maximum absolute atomic E-state index is 12.8. The van der Waals surface area contributed by atoms with Gasteiger partial charge in [0.05, 0.1) is 0 Å². The van der Waals surface area contributed by atoms with E-state index >= 15 is 0 Å². The number of fused-ring (bicyclic) bond motifs is 1. The van der Waals surface area contributed by atoms with Crippen molar-refractivity contribution in [3.8, 4) is 0 Å². The molecule has 5 nitrogen and oxygen atoms in total. The maximum Gasteiger partial charge on any atom is 0.243 e. The molecular formula is C22H25N3O2. The van der Waals surface area contributed by atoms with E-state index in [-0.39, 0.29) is 17.7 Å². The summed E-state index contributed by atoms with van der Waals surface area (Å²) in [5, 5.41) is 3.93. The van der Waals surface area contributed by atoms with Crippen LogP contribution >= 0.6 is 0 Å². The molecule has 5 heteroatoms. The van der Waals surface area contributed by atoms with E-state index in [1.165, 1.54) is 0 Å². The zero-order valence-corrected chi connectivity index (χ0v) is 15.8. The number of para-hydroxylation sites is 1. The lowest BCUT2D eigenvalue weighted by Crippen LogP contribution is -2.33. The molecule has 0 aliphatic carbocycles. The predicted molar refractivity (Wildman–Crippen MR) is 107 cm³/mol. The number of Topliss-reactive ketones (excluding diaryl/α,β-unsaturated/α-hetero) is 1. The van der Waals surface area contributed by atoms with E-state index in [0.717, 1.165) is 29.4 Å². The second-order valence-corrected chi connectivity index (χ2v) is 6.66. The Morgan fingerprint density at radius 1 is 1.15 bits per heavy atom. The van der Waals surface area contributed by atoms with Crippen LogP contribution in [0.1, 0.15) is 48.8 Å². The van der Waals surface area contributed by atoms with Crippen LogP contribution in [0.3, 0.4) is 0 Å². The van der Waals surface area contributed by atoms with E-state index in [9.17, 15) is 9.59 Å². The molecule has 1 unspecified atom stereocenters. The fourth-order valence-electron chi connectivity index (χ4n) is 3.40. The van der Waals surface area contributed by atoms with Crippen LogP contribution in [0.15, 0.2) is 54.9 Å². The lowest BCUT2D eigenvalue weighted by Gasteiger charge is -2.18. The number of amides is 1. The van der Waals surface area contributed by atoms with E-state index in [0.29, 0.717) is 18.5 Å². The van der Waals surface area contributed by atoms with Crippen LogP contribution in [0.2, 0.25) is 0 Å². The zero-order chi connectivity index (χ0) is 19.2. The number of rotatable bonds is 8. The highest BCUT2D eigenvalue weighted by Crippen LogP contribution is 2.26. The average Bonchev–Trinajstić information content (AvgIpc) is 3.07. The first-order valence-electron chi connectivity index (χ1n) is 9.40. The van der Waals surface area contributed by atoms with Gasteiger partial charge in [-0.25, -0.2) is 0 Å². The van der Waals surface area contributed by atoms with E-state index < -0.39 is 0 Å². The second kappa shape index (κ2) is 8.62. The first-order chi connectivity index (χ1) is 13.1. The molecule has 3 aromatic rings. The molecule has 0 spiro atoms. The number of aryl methyl sites for hydroxylation is 1. The second-order valence-electron chi connectivity index (χ2n) is 6.66. The highest BCUT2D eigenvalue weighted by Gasteiger charge is 2.22. The van der Waals surface area contributed by atoms with Gasteiger partial charge in [0.15, 0.2) is 5.78 Å². The quantitative estimate of drug-likeness (QED) is 0.487. The van der Waals surface area contributed by atoms with Gasteiger partial charge >= 0.3 is 0 Å². The van der Waals surface area contributed by atoms with Gasteiger partial charge in [-0.15, -0.1) is 0 Å². The SMILES string of the molecule is CCC(C(=O)NCCCc1ccccn1)n1cc(C(C)=O)c2ccccc21. The smallest absolute Gasteiger partial charge is 0.243 e. The summed E-state index contributed by atoms with van der Waals surface area (Å²) in [5.41, 5.74) is 2.60. The Labute approximate surface area is 159 Å². The molecular weight excluding hydrogens is 338 g/mol. The Hall–Kier alpha value is -2.95. The molecule has 140 valence electrons. The minimum absolute atomic E-state index is 0.00979. The summed E-state index contributed by atoms with van der Waals surface area (Å²) in [4.78, 5) is 29.1. The first-order valence-corrected chi connectivity index (χ1v) is 9.40. The summed E-state index contributed by atoms with van der Waals surface area (Å²) >= 11 is 0. The van der Waals surface area contributed by atoms with Crippen LogP contribution < -0.4 is 5.32 Å². The van der Waals surface area contributed by atoms with Gasteiger partial charge in [-0.3, -0.25) is 14.6 Å². The molecule has 0 bridgehead atoms. The number of nitrogens with zero attached hydrogens (tertiary/aromatic N) is 2. The van der Waals surface area contributed by atoms with Crippen molar-refractivity contribution in [2.24, 2.45) is 0 Å². The normalized spacial score (nSPS) is 12.1. The van der Waals surface area contributed by atoms with Gasteiger partial charge in [0, 0.05) is 41.1 Å². The molecule has 1 aromatic carbocycles. The monoisotopic (exact) mass is 363 g/mol. The van der Waals surface area contributed by atoms with E-state index in [1.54, 1.807) is 13.1 Å². The van der Waals surface area contributed by atoms with Crippen LogP contribution in [0, 0.1) is 0 Å². The molecule has 0 aliphatic rings. The van der Waals surface area contributed by atoms with Crippen LogP contribution in [0.5, 0.6) is 0 Å². The fourth-order valence-corrected chi connectivity index (χ4v) is 3.40. The molecule has 1 N–H and O–H groups in total. The van der Waals surface area contributed by atoms with Crippen molar-refractivity contribution in [3.63, 3.8) is 0 Å². The molecule has 3 rings (SSSR count). The minimum Gasteiger partial charge on any atom is -0.354 e. The van der Waals surface area contributed by atoms with Crippen molar-refractivity contribution < 1.29 is 9.59 Å². The minimum atomic E-state index is -0.335. The first kappa shape index (κ1) is 18.8. The fraction of sp³-hybridized carbons (Fsp3) is 0.318. The van der Waals surface area contributed by atoms with Gasteiger partial charge in [0.1, 0.15) is 6.04 Å². The predicted octanol–water partition coefficient (Wildman–Crippen LogP) is 3.94. The largest absolute Gasteiger partial charge is 0.354 e. The van der Waals surface area contributed by atoms with Crippen molar-refractivity contribution in [1.29, 1.82) is 0 Å². The molecule has 0 saturated heterocycles. The van der Waals surface area contributed by atoms with Gasteiger partial charge in [-0.05, 0) is 44.4 Å². The molecule has 27 heavy (non-hydrogen) atoms. The third kappa shape index (κ3) is 4.25. The number of carbonyl (C=O) groups excluding carboxylic acids is 2. The van der Waals surface area contributed by atoms with Gasteiger partial charge in [-0.1, -0.05) is 31.2 Å². The summed E-state index contributed by atoms with van der Waals surface area (Å²) in [6.45, 7) is 4.15. The number of aromatic nitrogens is 2. The number of nitrogens with one attached hydrogen (secondary N) is 1. The van der Waals surface area contributed by atoms with Gasteiger partial charge in [0.25, 0.3) is 0 Å². The molecule has 0 saturated carbocycles. The highest BCUT2D eigenvalue weighted by molar-refractivity contribution is 6.07. The van der Waals surface area contributed by atoms with Crippen LogP contribution in [-0.2, 0) is 11.2 Å². The number of hydrogen-bond donors (Lipinski definition) is 1. The maximum atomic E-state index is 12.8. The van der Waals surface area contributed by atoms with Crippen LogP contribution in [0.25, 0.3) is 10.9 Å². The molecule has 2 heterocycles. The molecule has 1 amide bonds. The molecule has 1 atom stereocenters. The highest BCUT2D eigenvalue weighted by atomic mass is 16.2. The van der Waals surface area contributed by atoms with Crippen molar-refractivity contribution >= 4 is 22.6 Å².